The Morgan fingerprint density at radius 3 is 2.37 bits per heavy atom. The maximum Gasteiger partial charge on any atom is 0.433 e. The zero-order valence-corrected chi connectivity index (χ0v) is 19.0. The highest BCUT2D eigenvalue weighted by atomic mass is 32.2. The van der Waals surface area contributed by atoms with Gasteiger partial charge in [-0.2, -0.15) is 24.1 Å². The van der Waals surface area contributed by atoms with Crippen molar-refractivity contribution in [2.45, 2.75) is 45.3 Å². The van der Waals surface area contributed by atoms with E-state index in [-0.39, 0.29) is 28.8 Å². The largest absolute Gasteiger partial charge is 0.433 e. The number of hydrogen-bond acceptors (Lipinski definition) is 5. The van der Waals surface area contributed by atoms with Crippen molar-refractivity contribution in [3.8, 4) is 0 Å². The standard InChI is InChI=1S/C20H31F3N4O2S/c1-13(2)12-15(18(29)30(4)5)26(3)17(28)14-7-10-27(11-8-14)19-24-9-6-16(25-19)20(21,22)23/h6,9,13-15,30H,7-8,10-12H2,1-5H3/t15-/m1/s1. The molecule has 170 valence electrons. The SMILES string of the molecule is CC(C)C[C@H](C(=O)[SH](C)C)N(C)C(=O)C1CCN(c2nccc(C(F)(F)F)n2)CC1. The summed E-state index contributed by atoms with van der Waals surface area (Å²) in [6.07, 6.45) is 1.97. The Balaban J connectivity index is 2.04. The Kier molecular flexibility index (Phi) is 8.13. The number of rotatable bonds is 6. The molecule has 0 aliphatic carbocycles. The molecule has 1 aromatic rings. The number of anilines is 1. The summed E-state index contributed by atoms with van der Waals surface area (Å²) in [6.45, 7) is 4.84. The first kappa shape index (κ1) is 24.4. The van der Waals surface area contributed by atoms with Crippen LogP contribution in [0, 0.1) is 11.8 Å². The van der Waals surface area contributed by atoms with Crippen molar-refractivity contribution in [1.29, 1.82) is 0 Å². The molecule has 10 heteroatoms. The molecule has 0 saturated carbocycles. The molecule has 6 nitrogen and oxygen atoms in total. The first-order chi connectivity index (χ1) is 13.9. The molecule has 1 aliphatic rings. The van der Waals surface area contributed by atoms with Crippen LogP contribution in [0.3, 0.4) is 0 Å². The number of alkyl halides is 3. The smallest absolute Gasteiger partial charge is 0.341 e. The molecule has 1 fully saturated rings. The number of hydrogen-bond donors (Lipinski definition) is 1. The van der Waals surface area contributed by atoms with Crippen LogP contribution in [0.2, 0.25) is 0 Å². The van der Waals surface area contributed by atoms with E-state index in [2.05, 4.69) is 9.97 Å². The topological polar surface area (TPSA) is 66.4 Å². The van der Waals surface area contributed by atoms with Gasteiger partial charge in [0.25, 0.3) is 0 Å². The molecule has 0 aromatic carbocycles. The average Bonchev–Trinajstić information content (AvgIpc) is 2.69. The Labute approximate surface area is 178 Å². The minimum Gasteiger partial charge on any atom is -0.341 e. The molecule has 0 N–H and O–H groups in total. The second-order valence-electron chi connectivity index (χ2n) is 8.33. The molecule has 0 radical (unpaired) electrons. The van der Waals surface area contributed by atoms with Gasteiger partial charge in [-0.15, -0.1) is 0 Å². The summed E-state index contributed by atoms with van der Waals surface area (Å²) in [6, 6.07) is 0.417. The monoisotopic (exact) mass is 448 g/mol. The minimum absolute atomic E-state index is 0.0274. The first-order valence-electron chi connectivity index (χ1n) is 10.0. The van der Waals surface area contributed by atoms with Gasteiger partial charge in [-0.05, 0) is 43.8 Å². The van der Waals surface area contributed by atoms with E-state index in [1.54, 1.807) is 16.8 Å². The summed E-state index contributed by atoms with van der Waals surface area (Å²) in [7, 11) is 0.883. The molecule has 1 amide bonds. The van der Waals surface area contributed by atoms with Crippen LogP contribution in [0.4, 0.5) is 19.1 Å². The fourth-order valence-electron chi connectivity index (χ4n) is 3.60. The van der Waals surface area contributed by atoms with Gasteiger partial charge >= 0.3 is 6.18 Å². The number of thiol groups is 1. The second kappa shape index (κ2) is 9.98. The van der Waals surface area contributed by atoms with E-state index in [4.69, 9.17) is 0 Å². The van der Waals surface area contributed by atoms with Gasteiger partial charge in [0.2, 0.25) is 11.9 Å². The van der Waals surface area contributed by atoms with Gasteiger partial charge in [-0.25, -0.2) is 9.97 Å². The number of nitrogens with zero attached hydrogens (tertiary/aromatic N) is 4. The van der Waals surface area contributed by atoms with Crippen LogP contribution in [-0.4, -0.2) is 64.6 Å². The fourth-order valence-corrected chi connectivity index (χ4v) is 4.47. The molecule has 1 aromatic heterocycles. The normalized spacial score (nSPS) is 17.1. The number of amides is 1. The molecule has 1 atom stereocenters. The number of carbonyl (C=O) groups is 2. The molecule has 1 saturated heterocycles. The molecule has 2 rings (SSSR count). The molecular weight excluding hydrogens is 417 g/mol. The van der Waals surface area contributed by atoms with E-state index in [0.717, 1.165) is 12.3 Å². The lowest BCUT2D eigenvalue weighted by atomic mass is 9.94. The zero-order valence-electron chi connectivity index (χ0n) is 18.1. The molecule has 0 unspecified atom stereocenters. The second-order valence-corrected chi connectivity index (χ2v) is 10.6. The number of aromatic nitrogens is 2. The highest BCUT2D eigenvalue weighted by Crippen LogP contribution is 2.30. The summed E-state index contributed by atoms with van der Waals surface area (Å²) in [4.78, 5) is 36.6. The lowest BCUT2D eigenvalue weighted by Crippen LogP contribution is -2.48. The van der Waals surface area contributed by atoms with Gasteiger partial charge in [-0.3, -0.25) is 9.59 Å². The van der Waals surface area contributed by atoms with Crippen molar-refractivity contribution in [3.05, 3.63) is 18.0 Å². The van der Waals surface area contributed by atoms with Crippen molar-refractivity contribution >= 4 is 27.9 Å². The van der Waals surface area contributed by atoms with E-state index in [9.17, 15) is 22.8 Å². The van der Waals surface area contributed by atoms with Crippen molar-refractivity contribution in [1.82, 2.24) is 14.9 Å². The molecule has 1 aliphatic heterocycles. The summed E-state index contributed by atoms with van der Waals surface area (Å²) < 4.78 is 38.7. The third-order valence-electron chi connectivity index (χ3n) is 5.30. The van der Waals surface area contributed by atoms with E-state index in [0.29, 0.717) is 32.4 Å². The van der Waals surface area contributed by atoms with Crippen LogP contribution in [0.1, 0.15) is 38.8 Å². The van der Waals surface area contributed by atoms with Crippen molar-refractivity contribution < 1.29 is 22.8 Å². The van der Waals surface area contributed by atoms with Gasteiger partial charge in [0.1, 0.15) is 5.69 Å². The van der Waals surface area contributed by atoms with Gasteiger partial charge in [-0.1, -0.05) is 13.8 Å². The Bertz CT molecular complexity index is 750. The first-order valence-corrected chi connectivity index (χ1v) is 12.3. The van der Waals surface area contributed by atoms with Crippen LogP contribution >= 0.6 is 10.9 Å². The van der Waals surface area contributed by atoms with E-state index in [1.165, 1.54) is 0 Å². The van der Waals surface area contributed by atoms with Gasteiger partial charge in [0, 0.05) is 32.3 Å². The van der Waals surface area contributed by atoms with E-state index < -0.39 is 28.8 Å². The van der Waals surface area contributed by atoms with Crippen LogP contribution in [-0.2, 0) is 15.8 Å². The fraction of sp³-hybridized carbons (Fsp3) is 0.700. The maximum atomic E-state index is 13.1. The van der Waals surface area contributed by atoms with Crippen LogP contribution in [0.5, 0.6) is 0 Å². The Morgan fingerprint density at radius 1 is 1.27 bits per heavy atom. The Morgan fingerprint density at radius 2 is 1.87 bits per heavy atom. The summed E-state index contributed by atoms with van der Waals surface area (Å²) in [5.41, 5.74) is -0.976. The van der Waals surface area contributed by atoms with Gasteiger partial charge in [0.05, 0.1) is 6.04 Å². The molecular formula is C20H31F3N4O2S. The van der Waals surface area contributed by atoms with E-state index >= 15 is 0 Å². The predicted octanol–water partition coefficient (Wildman–Crippen LogP) is 3.37. The lowest BCUT2D eigenvalue weighted by molar-refractivity contribution is -0.141. The zero-order chi connectivity index (χ0) is 22.6. The molecule has 0 spiro atoms. The van der Waals surface area contributed by atoms with Gasteiger partial charge < -0.3 is 9.80 Å². The number of likely N-dealkylation sites (N-methyl/N-ethyl adjacent to an activating group) is 1. The lowest BCUT2D eigenvalue weighted by Gasteiger charge is -2.36. The van der Waals surface area contributed by atoms with E-state index in [1.807, 2.05) is 26.4 Å². The summed E-state index contributed by atoms with van der Waals surface area (Å²) >= 11 is 0. The summed E-state index contributed by atoms with van der Waals surface area (Å²) in [5, 5.41) is 0.115. The van der Waals surface area contributed by atoms with Crippen molar-refractivity contribution in [2.24, 2.45) is 11.8 Å². The average molecular weight is 449 g/mol. The summed E-state index contributed by atoms with van der Waals surface area (Å²) in [5.74, 6) is -0.0292. The minimum atomic E-state index is -4.52. The quantitative estimate of drug-likeness (QED) is 0.676. The number of halogens is 3. The van der Waals surface area contributed by atoms with Crippen molar-refractivity contribution in [2.75, 3.05) is 37.5 Å². The highest BCUT2D eigenvalue weighted by molar-refractivity contribution is 8.28. The van der Waals surface area contributed by atoms with Crippen molar-refractivity contribution in [3.63, 3.8) is 0 Å². The third-order valence-corrected chi connectivity index (χ3v) is 6.48. The van der Waals surface area contributed by atoms with Crippen LogP contribution in [0.15, 0.2) is 12.3 Å². The molecule has 30 heavy (non-hydrogen) atoms. The maximum absolute atomic E-state index is 13.1. The number of piperidine rings is 1. The third kappa shape index (κ3) is 6.09. The molecule has 2 heterocycles. The Hall–Kier alpha value is -1.84. The number of carbonyl (C=O) groups excluding carboxylic acids is 2. The molecule has 0 bridgehead atoms. The van der Waals surface area contributed by atoms with Crippen LogP contribution < -0.4 is 4.90 Å². The van der Waals surface area contributed by atoms with Gasteiger partial charge in [0.15, 0.2) is 5.12 Å². The van der Waals surface area contributed by atoms with Crippen LogP contribution in [0.25, 0.3) is 0 Å². The highest BCUT2D eigenvalue weighted by Gasteiger charge is 2.36. The predicted molar refractivity (Wildman–Crippen MR) is 114 cm³/mol.